The maximum Gasteiger partial charge on any atom is 0.340 e. The molecule has 0 unspecified atom stereocenters. The van der Waals surface area contributed by atoms with E-state index in [4.69, 9.17) is 18.9 Å². The van der Waals surface area contributed by atoms with E-state index >= 15 is 0 Å². The van der Waals surface area contributed by atoms with Gasteiger partial charge in [0.25, 0.3) is 0 Å². The molecule has 1 heterocycles. The Balaban J connectivity index is 0.00000235. The second-order valence-corrected chi connectivity index (χ2v) is 8.88. The topological polar surface area (TPSA) is 84.0 Å². The van der Waals surface area contributed by atoms with Gasteiger partial charge in [-0.25, -0.2) is 9.59 Å². The standard InChI is InChI=1S/C28H31NO6.C2H6/c1-7-34-27(31)22-17-29-23(21-16-25(33-6)24(32-5)15-20(21)22)14-19-10-8-9-18(13-19)11-12-26(30)35-28(2,3)4;1-2/h8-13,15-17H,7,14H2,1-6H3;1-2H3/b12-11+;. The summed E-state index contributed by atoms with van der Waals surface area (Å²) in [5.41, 5.74) is 2.43. The van der Waals surface area contributed by atoms with Crippen molar-refractivity contribution in [3.63, 3.8) is 0 Å². The van der Waals surface area contributed by atoms with E-state index in [0.717, 1.165) is 22.2 Å². The van der Waals surface area contributed by atoms with Gasteiger partial charge in [0.05, 0.1) is 32.1 Å². The van der Waals surface area contributed by atoms with E-state index in [1.165, 1.54) is 12.3 Å². The molecule has 0 radical (unpaired) electrons. The van der Waals surface area contributed by atoms with Crippen molar-refractivity contribution in [2.45, 2.75) is 53.6 Å². The van der Waals surface area contributed by atoms with E-state index in [-0.39, 0.29) is 6.61 Å². The summed E-state index contributed by atoms with van der Waals surface area (Å²) in [5, 5.41) is 1.44. The highest BCUT2D eigenvalue weighted by Crippen LogP contribution is 2.35. The van der Waals surface area contributed by atoms with E-state index in [0.29, 0.717) is 28.9 Å². The van der Waals surface area contributed by atoms with Crippen LogP contribution in [0.25, 0.3) is 16.8 Å². The fourth-order valence-corrected chi connectivity index (χ4v) is 3.63. The molecule has 0 N–H and O–H groups in total. The van der Waals surface area contributed by atoms with Crippen molar-refractivity contribution in [3.8, 4) is 11.5 Å². The summed E-state index contributed by atoms with van der Waals surface area (Å²) in [6.07, 6.45) is 5.18. The highest BCUT2D eigenvalue weighted by atomic mass is 16.6. The Morgan fingerprint density at radius 2 is 1.62 bits per heavy atom. The highest BCUT2D eigenvalue weighted by Gasteiger charge is 2.18. The summed E-state index contributed by atoms with van der Waals surface area (Å²) >= 11 is 0. The van der Waals surface area contributed by atoms with E-state index in [9.17, 15) is 9.59 Å². The number of benzene rings is 2. The zero-order chi connectivity index (χ0) is 27.6. The molecule has 0 bridgehead atoms. The maximum atomic E-state index is 12.6. The first kappa shape index (κ1) is 29.4. The van der Waals surface area contributed by atoms with E-state index < -0.39 is 17.5 Å². The first-order valence-corrected chi connectivity index (χ1v) is 12.4. The molecule has 37 heavy (non-hydrogen) atoms. The Morgan fingerprint density at radius 1 is 0.973 bits per heavy atom. The predicted molar refractivity (Wildman–Crippen MR) is 146 cm³/mol. The highest BCUT2D eigenvalue weighted by molar-refractivity contribution is 6.05. The van der Waals surface area contributed by atoms with Crippen LogP contribution in [-0.2, 0) is 20.7 Å². The predicted octanol–water partition coefficient (Wildman–Crippen LogP) is 6.40. The van der Waals surface area contributed by atoms with Gasteiger partial charge in [-0.3, -0.25) is 4.98 Å². The number of ether oxygens (including phenoxy) is 4. The van der Waals surface area contributed by atoms with Crippen molar-refractivity contribution in [2.75, 3.05) is 20.8 Å². The van der Waals surface area contributed by atoms with Crippen LogP contribution in [0.4, 0.5) is 0 Å². The molecule has 7 heteroatoms. The number of carbonyl (C=O) groups is 2. The second kappa shape index (κ2) is 13.4. The van der Waals surface area contributed by atoms with Crippen LogP contribution in [0.2, 0.25) is 0 Å². The number of methoxy groups -OCH3 is 2. The van der Waals surface area contributed by atoms with Crippen LogP contribution in [0.5, 0.6) is 11.5 Å². The van der Waals surface area contributed by atoms with Crippen LogP contribution in [0.15, 0.2) is 48.7 Å². The molecule has 0 aliphatic heterocycles. The first-order chi connectivity index (χ1) is 17.6. The number of carbonyl (C=O) groups excluding carboxylic acids is 2. The molecule has 7 nitrogen and oxygen atoms in total. The smallest absolute Gasteiger partial charge is 0.340 e. The van der Waals surface area contributed by atoms with Gasteiger partial charge >= 0.3 is 11.9 Å². The van der Waals surface area contributed by atoms with Gasteiger partial charge in [-0.15, -0.1) is 0 Å². The minimum atomic E-state index is -0.546. The molecule has 3 rings (SSSR count). The summed E-state index contributed by atoms with van der Waals surface area (Å²) in [6, 6.07) is 11.4. The van der Waals surface area contributed by atoms with Gasteiger partial charge in [0, 0.05) is 29.5 Å². The number of fused-ring (bicyclic) bond motifs is 1. The molecule has 0 fully saturated rings. The third-order valence-electron chi connectivity index (χ3n) is 5.11. The third kappa shape index (κ3) is 8.07. The van der Waals surface area contributed by atoms with Crippen molar-refractivity contribution in [3.05, 3.63) is 71.1 Å². The van der Waals surface area contributed by atoms with Crippen molar-refractivity contribution < 1.29 is 28.5 Å². The largest absolute Gasteiger partial charge is 0.493 e. The average Bonchev–Trinajstić information content (AvgIpc) is 2.87. The Labute approximate surface area is 219 Å². The van der Waals surface area contributed by atoms with Crippen molar-refractivity contribution in [1.29, 1.82) is 0 Å². The minimum absolute atomic E-state index is 0.263. The van der Waals surface area contributed by atoms with Crippen molar-refractivity contribution in [2.24, 2.45) is 0 Å². The fourth-order valence-electron chi connectivity index (χ4n) is 3.63. The monoisotopic (exact) mass is 507 g/mol. The molecule has 0 saturated heterocycles. The normalized spacial score (nSPS) is 11.0. The number of esters is 2. The number of pyridine rings is 1. The third-order valence-corrected chi connectivity index (χ3v) is 5.11. The molecule has 0 spiro atoms. The van der Waals surface area contributed by atoms with Crippen LogP contribution >= 0.6 is 0 Å². The molecule has 198 valence electrons. The van der Waals surface area contributed by atoms with Crippen LogP contribution in [0.1, 0.15) is 68.7 Å². The van der Waals surface area contributed by atoms with Crippen LogP contribution < -0.4 is 9.47 Å². The quantitative estimate of drug-likeness (QED) is 0.258. The maximum absolute atomic E-state index is 12.6. The Bertz CT molecular complexity index is 1260. The zero-order valence-electron chi connectivity index (χ0n) is 23.0. The van der Waals surface area contributed by atoms with Gasteiger partial charge in [-0.05, 0) is 57.0 Å². The average molecular weight is 508 g/mol. The molecule has 0 saturated carbocycles. The number of hydrogen-bond donors (Lipinski definition) is 0. The summed E-state index contributed by atoms with van der Waals surface area (Å²) in [5.74, 6) is 0.208. The SMILES string of the molecule is CC.CCOC(=O)c1cnc(Cc2cccc(/C=C/C(=O)OC(C)(C)C)c2)c2cc(OC)c(OC)cc12. The molecule has 1 aromatic heterocycles. The number of nitrogens with zero attached hydrogens (tertiary/aromatic N) is 1. The van der Waals surface area contributed by atoms with Gasteiger partial charge in [0.2, 0.25) is 0 Å². The zero-order valence-corrected chi connectivity index (χ0v) is 23.0. The lowest BCUT2D eigenvalue weighted by molar-refractivity contribution is -0.148. The van der Waals surface area contributed by atoms with Gasteiger partial charge in [0.1, 0.15) is 5.60 Å². The minimum Gasteiger partial charge on any atom is -0.493 e. The summed E-state index contributed by atoms with van der Waals surface area (Å²) in [6.45, 7) is 11.5. The number of rotatable bonds is 8. The van der Waals surface area contributed by atoms with Gasteiger partial charge in [-0.2, -0.15) is 0 Å². The fraction of sp³-hybridized carbons (Fsp3) is 0.367. The molecule has 0 amide bonds. The van der Waals surface area contributed by atoms with Gasteiger partial charge in [-0.1, -0.05) is 38.1 Å². The molecule has 0 aliphatic rings. The Kier molecular flexibility index (Phi) is 10.7. The molecule has 3 aromatic rings. The lowest BCUT2D eigenvalue weighted by Crippen LogP contribution is -2.22. The number of hydrogen-bond acceptors (Lipinski definition) is 7. The van der Waals surface area contributed by atoms with E-state index in [1.54, 1.807) is 33.3 Å². The molecule has 2 aromatic carbocycles. The second-order valence-electron chi connectivity index (χ2n) is 8.88. The first-order valence-electron chi connectivity index (χ1n) is 12.4. The van der Waals surface area contributed by atoms with Gasteiger partial charge < -0.3 is 18.9 Å². The molecule has 0 aliphatic carbocycles. The van der Waals surface area contributed by atoms with Crippen molar-refractivity contribution >= 4 is 28.8 Å². The van der Waals surface area contributed by atoms with E-state index in [2.05, 4.69) is 4.98 Å². The molecular weight excluding hydrogens is 470 g/mol. The van der Waals surface area contributed by atoms with Crippen LogP contribution in [0.3, 0.4) is 0 Å². The molecule has 0 atom stereocenters. The lowest BCUT2D eigenvalue weighted by Gasteiger charge is -2.17. The molecular formula is C30H37NO6. The van der Waals surface area contributed by atoms with E-state index in [1.807, 2.05) is 65.0 Å². The summed E-state index contributed by atoms with van der Waals surface area (Å²) in [4.78, 5) is 29.2. The summed E-state index contributed by atoms with van der Waals surface area (Å²) < 4.78 is 21.5. The Hall–Kier alpha value is -3.87. The number of aromatic nitrogens is 1. The lowest BCUT2D eigenvalue weighted by atomic mass is 9.99. The van der Waals surface area contributed by atoms with Gasteiger partial charge in [0.15, 0.2) is 11.5 Å². The van der Waals surface area contributed by atoms with Crippen LogP contribution in [-0.4, -0.2) is 43.4 Å². The Morgan fingerprint density at radius 3 is 2.22 bits per heavy atom. The van der Waals surface area contributed by atoms with Crippen molar-refractivity contribution in [1.82, 2.24) is 4.98 Å². The van der Waals surface area contributed by atoms with Crippen LogP contribution in [0, 0.1) is 0 Å². The summed E-state index contributed by atoms with van der Waals surface area (Å²) in [7, 11) is 3.11.